The molecule has 0 aromatic carbocycles. The number of nitrogens with zero attached hydrogens (tertiary/aromatic N) is 5. The van der Waals surface area contributed by atoms with Crippen LogP contribution in [0.4, 0.5) is 35.0 Å². The van der Waals surface area contributed by atoms with Gasteiger partial charge in [0.25, 0.3) is 0 Å². The van der Waals surface area contributed by atoms with Crippen molar-refractivity contribution in [2.45, 2.75) is 50.5 Å². The molecular weight excluding hydrogens is 438 g/mol. The Bertz CT molecular complexity index is 978. The largest absolute Gasteiger partial charge is 0.421 e. The van der Waals surface area contributed by atoms with E-state index in [2.05, 4.69) is 36.5 Å². The summed E-state index contributed by atoms with van der Waals surface area (Å²) in [5.74, 6) is 2.43. The molecule has 1 saturated carbocycles. The molecule has 11 heteroatoms. The third kappa shape index (κ3) is 5.74. The SMILES string of the molecule is C#CCNc1nc(Nc2cnn([C@@H]3CCN(CC4CCCC4)C[C@H]3F)c2)ncc1C(F)(F)F. The van der Waals surface area contributed by atoms with Gasteiger partial charge in [0, 0.05) is 32.0 Å². The summed E-state index contributed by atoms with van der Waals surface area (Å²) < 4.78 is 56.0. The van der Waals surface area contributed by atoms with E-state index in [0.29, 0.717) is 30.8 Å². The maximum absolute atomic E-state index is 14.9. The van der Waals surface area contributed by atoms with Gasteiger partial charge in [0.1, 0.15) is 17.6 Å². The van der Waals surface area contributed by atoms with Crippen molar-refractivity contribution in [3.8, 4) is 12.3 Å². The zero-order valence-electron chi connectivity index (χ0n) is 18.2. The van der Waals surface area contributed by atoms with Crippen LogP contribution in [0.1, 0.15) is 43.7 Å². The molecule has 3 heterocycles. The number of halogens is 4. The predicted molar refractivity (Wildman–Crippen MR) is 117 cm³/mol. The number of aromatic nitrogens is 4. The Morgan fingerprint density at radius 1 is 1.18 bits per heavy atom. The molecule has 7 nitrogen and oxygen atoms in total. The molecule has 2 N–H and O–H groups in total. The third-order valence-corrected chi connectivity index (χ3v) is 6.23. The fraction of sp³-hybridized carbons (Fsp3) is 0.591. The van der Waals surface area contributed by atoms with E-state index in [1.54, 1.807) is 10.9 Å². The molecular formula is C22H27F4N7. The summed E-state index contributed by atoms with van der Waals surface area (Å²) in [7, 11) is 0. The summed E-state index contributed by atoms with van der Waals surface area (Å²) >= 11 is 0. The van der Waals surface area contributed by atoms with Gasteiger partial charge in [-0.2, -0.15) is 23.3 Å². The lowest BCUT2D eigenvalue weighted by molar-refractivity contribution is -0.137. The minimum Gasteiger partial charge on any atom is -0.358 e. The van der Waals surface area contributed by atoms with Crippen LogP contribution >= 0.6 is 0 Å². The highest BCUT2D eigenvalue weighted by molar-refractivity contribution is 5.55. The molecule has 2 aromatic heterocycles. The zero-order valence-corrected chi connectivity index (χ0v) is 18.2. The molecule has 0 unspecified atom stereocenters. The van der Waals surface area contributed by atoms with Gasteiger partial charge >= 0.3 is 6.18 Å². The first-order valence-electron chi connectivity index (χ1n) is 11.1. The van der Waals surface area contributed by atoms with Crippen LogP contribution < -0.4 is 10.6 Å². The normalized spacial score (nSPS) is 22.3. The van der Waals surface area contributed by atoms with Gasteiger partial charge in [0.15, 0.2) is 0 Å². The molecule has 1 aliphatic carbocycles. The number of rotatable bonds is 7. The van der Waals surface area contributed by atoms with Gasteiger partial charge in [-0.3, -0.25) is 4.68 Å². The van der Waals surface area contributed by atoms with Crippen molar-refractivity contribution in [3.63, 3.8) is 0 Å². The van der Waals surface area contributed by atoms with Crippen LogP contribution in [-0.2, 0) is 6.18 Å². The van der Waals surface area contributed by atoms with Crippen LogP contribution in [0.3, 0.4) is 0 Å². The van der Waals surface area contributed by atoms with Crippen molar-refractivity contribution in [2.75, 3.05) is 36.8 Å². The summed E-state index contributed by atoms with van der Waals surface area (Å²) in [5.41, 5.74) is -0.554. The molecule has 2 atom stereocenters. The predicted octanol–water partition coefficient (Wildman–Crippen LogP) is 4.26. The Morgan fingerprint density at radius 3 is 2.67 bits per heavy atom. The lowest BCUT2D eigenvalue weighted by atomic mass is 10.0. The maximum atomic E-state index is 14.9. The van der Waals surface area contributed by atoms with Gasteiger partial charge in [0.05, 0.1) is 24.5 Å². The van der Waals surface area contributed by atoms with Gasteiger partial charge in [-0.05, 0) is 25.2 Å². The van der Waals surface area contributed by atoms with Crippen LogP contribution in [-0.4, -0.2) is 57.0 Å². The third-order valence-electron chi connectivity index (χ3n) is 6.23. The Hall–Kier alpha value is -2.87. The first-order valence-corrected chi connectivity index (χ1v) is 11.1. The number of alkyl halides is 4. The molecule has 0 amide bonds. The number of anilines is 3. The van der Waals surface area contributed by atoms with Gasteiger partial charge < -0.3 is 15.5 Å². The highest BCUT2D eigenvalue weighted by Crippen LogP contribution is 2.34. The Morgan fingerprint density at radius 2 is 1.97 bits per heavy atom. The minimum absolute atomic E-state index is 0.0507. The summed E-state index contributed by atoms with van der Waals surface area (Å²) in [5, 5.41) is 9.56. The zero-order chi connectivity index (χ0) is 23.4. The molecule has 1 aliphatic heterocycles. The van der Waals surface area contributed by atoms with Gasteiger partial charge in [-0.25, -0.2) is 9.37 Å². The van der Waals surface area contributed by atoms with E-state index in [0.717, 1.165) is 13.1 Å². The minimum atomic E-state index is -4.62. The van der Waals surface area contributed by atoms with E-state index in [-0.39, 0.29) is 18.5 Å². The topological polar surface area (TPSA) is 70.9 Å². The first-order chi connectivity index (χ1) is 15.8. The number of terminal acetylenes is 1. The standard InChI is InChI=1S/C22H27F4N7/c1-2-8-27-20-17(22(24,25)26)11-28-21(31-20)30-16-10-29-33(13-16)19-7-9-32(14-18(19)23)12-15-5-3-4-6-15/h1,10-11,13,15,18-19H,3-9,12,14H2,(H2,27,28,30,31)/t18-,19-/m1/s1. The fourth-order valence-corrected chi connectivity index (χ4v) is 4.61. The lowest BCUT2D eigenvalue weighted by Gasteiger charge is -2.36. The molecule has 178 valence electrons. The summed E-state index contributed by atoms with van der Waals surface area (Å²) in [6.45, 7) is 2.04. The second-order valence-electron chi connectivity index (χ2n) is 8.63. The van der Waals surface area contributed by atoms with Crippen LogP contribution in [0.25, 0.3) is 0 Å². The quantitative estimate of drug-likeness (QED) is 0.471. The molecule has 0 spiro atoms. The summed E-state index contributed by atoms with van der Waals surface area (Å²) in [6, 6.07) is -0.387. The number of hydrogen-bond donors (Lipinski definition) is 2. The smallest absolute Gasteiger partial charge is 0.358 e. The van der Waals surface area contributed by atoms with Crippen molar-refractivity contribution in [2.24, 2.45) is 5.92 Å². The van der Waals surface area contributed by atoms with Crippen molar-refractivity contribution in [1.82, 2.24) is 24.6 Å². The molecule has 4 rings (SSSR count). The summed E-state index contributed by atoms with van der Waals surface area (Å²) in [4.78, 5) is 9.86. The Kier molecular flexibility index (Phi) is 7.02. The van der Waals surface area contributed by atoms with E-state index in [1.807, 2.05) is 0 Å². The number of piperidine rings is 1. The Balaban J connectivity index is 1.40. The number of likely N-dealkylation sites (tertiary alicyclic amines) is 1. The van der Waals surface area contributed by atoms with E-state index in [1.165, 1.54) is 31.9 Å². The average Bonchev–Trinajstić information content (AvgIpc) is 3.44. The highest BCUT2D eigenvalue weighted by atomic mass is 19.4. The van der Waals surface area contributed by atoms with Gasteiger partial charge in [-0.1, -0.05) is 18.8 Å². The van der Waals surface area contributed by atoms with E-state index in [9.17, 15) is 17.6 Å². The van der Waals surface area contributed by atoms with Crippen molar-refractivity contribution >= 4 is 17.5 Å². The average molecular weight is 465 g/mol. The number of hydrogen-bond acceptors (Lipinski definition) is 6. The van der Waals surface area contributed by atoms with Crippen LogP contribution in [0, 0.1) is 18.3 Å². The maximum Gasteiger partial charge on any atom is 0.421 e. The van der Waals surface area contributed by atoms with Crippen molar-refractivity contribution < 1.29 is 17.6 Å². The van der Waals surface area contributed by atoms with E-state index >= 15 is 0 Å². The van der Waals surface area contributed by atoms with E-state index in [4.69, 9.17) is 6.42 Å². The molecule has 1 saturated heterocycles. The van der Waals surface area contributed by atoms with E-state index < -0.39 is 23.7 Å². The number of nitrogens with one attached hydrogen (secondary N) is 2. The van der Waals surface area contributed by atoms with Gasteiger partial charge in [-0.15, -0.1) is 6.42 Å². The van der Waals surface area contributed by atoms with Crippen molar-refractivity contribution in [1.29, 1.82) is 0 Å². The van der Waals surface area contributed by atoms with Crippen LogP contribution in [0.2, 0.25) is 0 Å². The molecule has 0 bridgehead atoms. The molecule has 2 aliphatic rings. The molecule has 2 aromatic rings. The van der Waals surface area contributed by atoms with Crippen LogP contribution in [0.5, 0.6) is 0 Å². The molecule has 2 fully saturated rings. The van der Waals surface area contributed by atoms with Gasteiger partial charge in [0.2, 0.25) is 5.95 Å². The van der Waals surface area contributed by atoms with Crippen molar-refractivity contribution in [3.05, 3.63) is 24.2 Å². The highest BCUT2D eigenvalue weighted by Gasteiger charge is 2.35. The molecule has 0 radical (unpaired) electrons. The Labute approximate surface area is 190 Å². The second kappa shape index (κ2) is 9.95. The monoisotopic (exact) mass is 465 g/mol. The molecule has 33 heavy (non-hydrogen) atoms. The summed E-state index contributed by atoms with van der Waals surface area (Å²) in [6.07, 6.45) is 8.91. The lowest BCUT2D eigenvalue weighted by Crippen LogP contribution is -2.44. The fourth-order valence-electron chi connectivity index (χ4n) is 4.61. The first kappa shape index (κ1) is 23.3. The second-order valence-corrected chi connectivity index (χ2v) is 8.63. The van der Waals surface area contributed by atoms with Crippen LogP contribution in [0.15, 0.2) is 18.6 Å².